The van der Waals surface area contributed by atoms with Crippen molar-refractivity contribution in [2.45, 2.75) is 12.7 Å². The summed E-state index contributed by atoms with van der Waals surface area (Å²) in [4.78, 5) is 13.6. The maximum absolute atomic E-state index is 12.6. The lowest BCUT2D eigenvalue weighted by atomic mass is 10.2. The highest BCUT2D eigenvalue weighted by atomic mass is 127. The van der Waals surface area contributed by atoms with Gasteiger partial charge in [-0.25, -0.2) is 15.0 Å². The molecule has 0 atom stereocenters. The number of halogens is 4. The van der Waals surface area contributed by atoms with Gasteiger partial charge in [-0.05, 0) is 11.6 Å². The van der Waals surface area contributed by atoms with Crippen molar-refractivity contribution in [2.24, 2.45) is 4.99 Å². The highest BCUT2D eigenvalue weighted by Crippen LogP contribution is 2.27. The Hall–Kier alpha value is -2.11. The van der Waals surface area contributed by atoms with Crippen molar-refractivity contribution < 1.29 is 13.2 Å². The van der Waals surface area contributed by atoms with Crippen LogP contribution in [0.1, 0.15) is 11.3 Å². The average Bonchev–Trinajstić information content (AvgIpc) is 2.61. The molecule has 0 radical (unpaired) electrons. The Balaban J connectivity index is 0.00000364. The Morgan fingerprint density at radius 2 is 1.81 bits per heavy atom. The van der Waals surface area contributed by atoms with Crippen LogP contribution >= 0.6 is 24.0 Å². The molecule has 0 spiro atoms. The number of rotatable bonds is 6. The molecule has 10 heteroatoms. The van der Waals surface area contributed by atoms with Crippen molar-refractivity contribution in [2.75, 3.05) is 32.5 Å². The lowest BCUT2D eigenvalue weighted by Gasteiger charge is -2.18. The number of guanidine groups is 1. The third-order valence-corrected chi connectivity index (χ3v) is 3.32. The molecule has 0 amide bonds. The summed E-state index contributed by atoms with van der Waals surface area (Å²) >= 11 is 0. The van der Waals surface area contributed by atoms with Gasteiger partial charge in [0.2, 0.25) is 5.95 Å². The van der Waals surface area contributed by atoms with Gasteiger partial charge in [0.15, 0.2) is 5.96 Å². The van der Waals surface area contributed by atoms with Crippen LogP contribution in [-0.2, 0) is 12.7 Å². The number of nitrogens with zero attached hydrogens (tertiary/aromatic N) is 4. The predicted octanol–water partition coefficient (Wildman–Crippen LogP) is 3.23. The Bertz CT molecular complexity index is 722. The van der Waals surface area contributed by atoms with E-state index >= 15 is 0 Å². The highest BCUT2D eigenvalue weighted by Gasteiger charge is 2.32. The molecule has 0 aliphatic carbocycles. The molecule has 0 unspecified atom stereocenters. The third-order valence-electron chi connectivity index (χ3n) is 3.32. The van der Waals surface area contributed by atoms with Crippen LogP contribution < -0.4 is 10.6 Å². The van der Waals surface area contributed by atoms with Gasteiger partial charge in [-0.3, -0.25) is 0 Å². The fourth-order valence-electron chi connectivity index (χ4n) is 2.06. The molecule has 0 saturated heterocycles. The summed E-state index contributed by atoms with van der Waals surface area (Å²) < 4.78 is 37.9. The van der Waals surface area contributed by atoms with Gasteiger partial charge < -0.3 is 15.5 Å². The molecule has 2 N–H and O–H groups in total. The SMILES string of the molecule is CN(C)C(=NCc1ccccc1)NCCNc1nccc(C(F)(F)F)n1.I. The number of aromatic nitrogens is 2. The first-order valence-electron chi connectivity index (χ1n) is 8.00. The molecular formula is C17H22F3IN6. The molecular weight excluding hydrogens is 472 g/mol. The van der Waals surface area contributed by atoms with Crippen LogP contribution in [0.15, 0.2) is 47.6 Å². The normalized spacial score (nSPS) is 11.5. The fraction of sp³-hybridized carbons (Fsp3) is 0.353. The minimum atomic E-state index is -4.49. The first-order valence-corrected chi connectivity index (χ1v) is 8.00. The summed E-state index contributed by atoms with van der Waals surface area (Å²) in [5, 5.41) is 5.91. The zero-order valence-electron chi connectivity index (χ0n) is 15.0. The van der Waals surface area contributed by atoms with Crippen LogP contribution in [0.2, 0.25) is 0 Å². The number of aliphatic imine (C=N–C) groups is 1. The highest BCUT2D eigenvalue weighted by molar-refractivity contribution is 14.0. The van der Waals surface area contributed by atoms with E-state index in [2.05, 4.69) is 25.6 Å². The number of hydrogen-bond acceptors (Lipinski definition) is 4. The first kappa shape index (κ1) is 22.9. The summed E-state index contributed by atoms with van der Waals surface area (Å²) in [6.07, 6.45) is -3.40. The van der Waals surface area contributed by atoms with Crippen LogP contribution in [0, 0.1) is 0 Å². The molecule has 27 heavy (non-hydrogen) atoms. The standard InChI is InChI=1S/C17H21F3N6.HI/c1-26(2)16(24-12-13-6-4-3-5-7-13)23-11-10-22-15-21-9-8-14(25-15)17(18,19)20;/h3-9H,10-12H2,1-2H3,(H,23,24)(H,21,22,25);1H. The van der Waals surface area contributed by atoms with E-state index < -0.39 is 11.9 Å². The molecule has 6 nitrogen and oxygen atoms in total. The van der Waals surface area contributed by atoms with Crippen molar-refractivity contribution in [3.8, 4) is 0 Å². The summed E-state index contributed by atoms with van der Waals surface area (Å²) in [5.41, 5.74) is 0.116. The van der Waals surface area contributed by atoms with Crippen molar-refractivity contribution in [3.63, 3.8) is 0 Å². The van der Waals surface area contributed by atoms with Gasteiger partial charge in [0.05, 0.1) is 6.54 Å². The number of hydrogen-bond donors (Lipinski definition) is 2. The monoisotopic (exact) mass is 494 g/mol. The summed E-state index contributed by atoms with van der Waals surface area (Å²) in [6, 6.07) is 10.7. The molecule has 2 rings (SSSR count). The zero-order valence-corrected chi connectivity index (χ0v) is 17.3. The van der Waals surface area contributed by atoms with E-state index in [9.17, 15) is 13.2 Å². The van der Waals surface area contributed by atoms with Crippen LogP contribution in [-0.4, -0.2) is 48.0 Å². The Kier molecular flexibility index (Phi) is 9.26. The van der Waals surface area contributed by atoms with E-state index in [1.165, 1.54) is 0 Å². The fourth-order valence-corrected chi connectivity index (χ4v) is 2.06. The second kappa shape index (κ2) is 10.9. The summed E-state index contributed by atoms with van der Waals surface area (Å²) in [5.74, 6) is 0.620. The summed E-state index contributed by atoms with van der Waals surface area (Å²) in [7, 11) is 3.72. The van der Waals surface area contributed by atoms with Crippen molar-refractivity contribution >= 4 is 35.9 Å². The maximum Gasteiger partial charge on any atom is 0.433 e. The van der Waals surface area contributed by atoms with Gasteiger partial charge in [0.1, 0.15) is 5.69 Å². The molecule has 0 saturated carbocycles. The maximum atomic E-state index is 12.6. The molecule has 0 aliphatic heterocycles. The predicted molar refractivity (Wildman–Crippen MR) is 110 cm³/mol. The number of anilines is 1. The number of alkyl halides is 3. The summed E-state index contributed by atoms with van der Waals surface area (Å²) in [6.45, 7) is 1.33. The van der Waals surface area contributed by atoms with Crippen LogP contribution in [0.4, 0.5) is 19.1 Å². The van der Waals surface area contributed by atoms with Crippen molar-refractivity contribution in [1.82, 2.24) is 20.2 Å². The van der Waals surface area contributed by atoms with E-state index in [0.29, 0.717) is 25.6 Å². The van der Waals surface area contributed by atoms with E-state index in [0.717, 1.165) is 17.8 Å². The van der Waals surface area contributed by atoms with Gasteiger partial charge in [0.25, 0.3) is 0 Å². The van der Waals surface area contributed by atoms with E-state index in [-0.39, 0.29) is 29.9 Å². The third kappa shape index (κ3) is 7.97. The van der Waals surface area contributed by atoms with Gasteiger partial charge >= 0.3 is 6.18 Å². The van der Waals surface area contributed by atoms with E-state index in [1.807, 2.05) is 49.3 Å². The van der Waals surface area contributed by atoms with Crippen molar-refractivity contribution in [3.05, 3.63) is 53.9 Å². The van der Waals surface area contributed by atoms with Crippen LogP contribution in [0.5, 0.6) is 0 Å². The molecule has 0 fully saturated rings. The van der Waals surface area contributed by atoms with Crippen LogP contribution in [0.3, 0.4) is 0 Å². The minimum absolute atomic E-state index is 0. The average molecular weight is 494 g/mol. The molecule has 2 aromatic rings. The second-order valence-corrected chi connectivity index (χ2v) is 5.64. The molecule has 1 aromatic carbocycles. The first-order chi connectivity index (χ1) is 12.4. The molecule has 0 aliphatic rings. The lowest BCUT2D eigenvalue weighted by molar-refractivity contribution is -0.141. The van der Waals surface area contributed by atoms with Crippen molar-refractivity contribution in [1.29, 1.82) is 0 Å². The minimum Gasteiger partial charge on any atom is -0.354 e. The van der Waals surface area contributed by atoms with Gasteiger partial charge in [-0.2, -0.15) is 13.2 Å². The second-order valence-electron chi connectivity index (χ2n) is 5.64. The molecule has 1 heterocycles. The topological polar surface area (TPSA) is 65.4 Å². The Morgan fingerprint density at radius 3 is 2.44 bits per heavy atom. The molecule has 1 aromatic heterocycles. The quantitative estimate of drug-likeness (QED) is 0.280. The van der Waals surface area contributed by atoms with Gasteiger partial charge in [-0.1, -0.05) is 30.3 Å². The largest absolute Gasteiger partial charge is 0.433 e. The lowest BCUT2D eigenvalue weighted by Crippen LogP contribution is -2.39. The van der Waals surface area contributed by atoms with Crippen LogP contribution in [0.25, 0.3) is 0 Å². The van der Waals surface area contributed by atoms with E-state index in [4.69, 9.17) is 0 Å². The van der Waals surface area contributed by atoms with Gasteiger partial charge in [0, 0.05) is 33.4 Å². The number of nitrogens with one attached hydrogen (secondary N) is 2. The zero-order chi connectivity index (χ0) is 19.0. The number of benzene rings is 1. The van der Waals surface area contributed by atoms with E-state index in [1.54, 1.807) is 0 Å². The molecule has 0 bridgehead atoms. The smallest absolute Gasteiger partial charge is 0.354 e. The Morgan fingerprint density at radius 1 is 1.11 bits per heavy atom. The Labute approximate surface area is 173 Å². The molecule has 148 valence electrons. The van der Waals surface area contributed by atoms with Gasteiger partial charge in [-0.15, -0.1) is 24.0 Å².